The Hall–Kier alpha value is -2.96. The van der Waals surface area contributed by atoms with Gasteiger partial charge in [-0.3, -0.25) is 10.1 Å². The summed E-state index contributed by atoms with van der Waals surface area (Å²) in [6.45, 7) is 4.66. The second-order valence-corrected chi connectivity index (χ2v) is 4.85. The lowest BCUT2D eigenvalue weighted by Gasteiger charge is -2.18. The first-order valence-electron chi connectivity index (χ1n) is 6.92. The van der Waals surface area contributed by atoms with Crippen molar-refractivity contribution in [2.45, 2.75) is 6.42 Å². The van der Waals surface area contributed by atoms with Crippen molar-refractivity contribution < 1.29 is 4.92 Å². The van der Waals surface area contributed by atoms with E-state index in [-0.39, 0.29) is 11.5 Å². The molecule has 0 aliphatic carbocycles. The van der Waals surface area contributed by atoms with E-state index >= 15 is 0 Å². The zero-order valence-electron chi connectivity index (χ0n) is 11.9. The van der Waals surface area contributed by atoms with Crippen molar-refractivity contribution >= 4 is 23.0 Å². The van der Waals surface area contributed by atoms with Gasteiger partial charge in [0.2, 0.25) is 11.6 Å². The molecule has 0 bridgehead atoms. The van der Waals surface area contributed by atoms with E-state index in [2.05, 4.69) is 21.9 Å². The molecule has 0 spiro atoms. The zero-order chi connectivity index (χ0) is 15.5. The SMILES string of the molecule is C=CCNc1ncnc(N2CCc3ccccc32)c1[N+](=O)[O-]. The molecule has 0 unspecified atom stereocenters. The van der Waals surface area contributed by atoms with Crippen LogP contribution in [0.5, 0.6) is 0 Å². The number of benzene rings is 1. The molecule has 0 atom stereocenters. The van der Waals surface area contributed by atoms with Crippen LogP contribution in [0.3, 0.4) is 0 Å². The van der Waals surface area contributed by atoms with E-state index in [4.69, 9.17) is 0 Å². The van der Waals surface area contributed by atoms with Gasteiger partial charge in [-0.25, -0.2) is 9.97 Å². The van der Waals surface area contributed by atoms with E-state index in [0.29, 0.717) is 18.9 Å². The monoisotopic (exact) mass is 297 g/mol. The van der Waals surface area contributed by atoms with Crippen LogP contribution in [0.15, 0.2) is 43.2 Å². The molecule has 112 valence electrons. The number of hydrogen-bond donors (Lipinski definition) is 1. The highest BCUT2D eigenvalue weighted by atomic mass is 16.6. The summed E-state index contributed by atoms with van der Waals surface area (Å²) in [5.41, 5.74) is 2.01. The van der Waals surface area contributed by atoms with Gasteiger partial charge in [-0.1, -0.05) is 24.3 Å². The summed E-state index contributed by atoms with van der Waals surface area (Å²) in [6.07, 6.45) is 3.80. The summed E-state index contributed by atoms with van der Waals surface area (Å²) in [6, 6.07) is 7.86. The van der Waals surface area contributed by atoms with Gasteiger partial charge in [-0.15, -0.1) is 6.58 Å². The average molecular weight is 297 g/mol. The van der Waals surface area contributed by atoms with Crippen LogP contribution in [0.1, 0.15) is 5.56 Å². The zero-order valence-corrected chi connectivity index (χ0v) is 11.9. The molecular formula is C15H15N5O2. The first-order valence-corrected chi connectivity index (χ1v) is 6.92. The van der Waals surface area contributed by atoms with Gasteiger partial charge in [0.15, 0.2) is 0 Å². The molecule has 2 aromatic rings. The number of para-hydroxylation sites is 1. The van der Waals surface area contributed by atoms with E-state index in [1.54, 1.807) is 6.08 Å². The Morgan fingerprint density at radius 2 is 2.23 bits per heavy atom. The Bertz CT molecular complexity index is 732. The third-order valence-electron chi connectivity index (χ3n) is 3.54. The molecule has 3 rings (SSSR count). The van der Waals surface area contributed by atoms with Crippen LogP contribution >= 0.6 is 0 Å². The fourth-order valence-electron chi connectivity index (χ4n) is 2.59. The van der Waals surface area contributed by atoms with Crippen LogP contribution in [-0.2, 0) is 6.42 Å². The minimum atomic E-state index is -0.443. The van der Waals surface area contributed by atoms with Crippen molar-refractivity contribution in [3.8, 4) is 0 Å². The van der Waals surface area contributed by atoms with Gasteiger partial charge >= 0.3 is 5.69 Å². The number of hydrogen-bond acceptors (Lipinski definition) is 6. The minimum absolute atomic E-state index is 0.110. The van der Waals surface area contributed by atoms with Gasteiger partial charge in [0.1, 0.15) is 6.33 Å². The van der Waals surface area contributed by atoms with Crippen LogP contribution in [-0.4, -0.2) is 28.0 Å². The standard InChI is InChI=1S/C15H15N5O2/c1-2-8-16-14-13(20(21)22)15(18-10-17-14)19-9-7-11-5-3-4-6-12(11)19/h2-6,10H,1,7-9H2,(H,16,17,18). The Morgan fingerprint density at radius 1 is 1.41 bits per heavy atom. The normalized spacial score (nSPS) is 12.8. The molecular weight excluding hydrogens is 282 g/mol. The number of nitrogens with zero attached hydrogens (tertiary/aromatic N) is 4. The average Bonchev–Trinajstić information content (AvgIpc) is 2.96. The molecule has 1 aliphatic rings. The number of nitro groups is 1. The molecule has 1 N–H and O–H groups in total. The molecule has 0 saturated heterocycles. The molecule has 0 fully saturated rings. The highest BCUT2D eigenvalue weighted by molar-refractivity contribution is 5.78. The summed E-state index contributed by atoms with van der Waals surface area (Å²) in [5.74, 6) is 0.524. The van der Waals surface area contributed by atoms with Crippen molar-refractivity contribution in [3.63, 3.8) is 0 Å². The van der Waals surface area contributed by atoms with Crippen LogP contribution in [0, 0.1) is 10.1 Å². The summed E-state index contributed by atoms with van der Waals surface area (Å²) < 4.78 is 0. The lowest BCUT2D eigenvalue weighted by molar-refractivity contribution is -0.383. The van der Waals surface area contributed by atoms with Crippen LogP contribution in [0.2, 0.25) is 0 Å². The molecule has 22 heavy (non-hydrogen) atoms. The molecule has 0 amide bonds. The third kappa shape index (κ3) is 2.37. The van der Waals surface area contributed by atoms with Crippen molar-refractivity contribution in [3.05, 3.63) is 58.9 Å². The number of fused-ring (bicyclic) bond motifs is 1. The van der Waals surface area contributed by atoms with E-state index in [1.807, 2.05) is 29.2 Å². The van der Waals surface area contributed by atoms with Crippen molar-refractivity contribution in [1.82, 2.24) is 9.97 Å². The Kier molecular flexibility index (Phi) is 3.69. The molecule has 0 saturated carbocycles. The van der Waals surface area contributed by atoms with Crippen molar-refractivity contribution in [2.75, 3.05) is 23.3 Å². The fourth-order valence-corrected chi connectivity index (χ4v) is 2.59. The van der Waals surface area contributed by atoms with E-state index in [9.17, 15) is 10.1 Å². The van der Waals surface area contributed by atoms with Gasteiger partial charge in [-0.05, 0) is 18.1 Å². The molecule has 1 aromatic carbocycles. The largest absolute Gasteiger partial charge is 0.361 e. The predicted octanol–water partition coefficient (Wildman–Crippen LogP) is 2.68. The first-order chi connectivity index (χ1) is 10.7. The summed E-state index contributed by atoms with van der Waals surface area (Å²) in [5, 5.41) is 14.4. The third-order valence-corrected chi connectivity index (χ3v) is 3.54. The van der Waals surface area contributed by atoms with Crippen molar-refractivity contribution in [2.24, 2.45) is 0 Å². The lowest BCUT2D eigenvalue weighted by Crippen LogP contribution is -2.18. The second kappa shape index (κ2) is 5.80. The summed E-state index contributed by atoms with van der Waals surface area (Å²) in [4.78, 5) is 21.1. The van der Waals surface area contributed by atoms with E-state index in [0.717, 1.165) is 17.7 Å². The van der Waals surface area contributed by atoms with Gasteiger partial charge in [-0.2, -0.15) is 0 Å². The van der Waals surface area contributed by atoms with Gasteiger partial charge in [0.05, 0.1) is 4.92 Å². The number of anilines is 3. The predicted molar refractivity (Wildman–Crippen MR) is 84.5 cm³/mol. The van der Waals surface area contributed by atoms with Crippen LogP contribution in [0.4, 0.5) is 23.0 Å². The molecule has 7 nitrogen and oxygen atoms in total. The quantitative estimate of drug-likeness (QED) is 0.519. The van der Waals surface area contributed by atoms with Crippen LogP contribution in [0.25, 0.3) is 0 Å². The summed E-state index contributed by atoms with van der Waals surface area (Å²) in [7, 11) is 0. The van der Waals surface area contributed by atoms with Crippen LogP contribution < -0.4 is 10.2 Å². The maximum absolute atomic E-state index is 11.5. The van der Waals surface area contributed by atoms with Crippen molar-refractivity contribution in [1.29, 1.82) is 0 Å². The van der Waals surface area contributed by atoms with E-state index < -0.39 is 4.92 Å². The molecule has 2 heterocycles. The highest BCUT2D eigenvalue weighted by Crippen LogP contribution is 2.39. The Balaban J connectivity index is 2.08. The Morgan fingerprint density at radius 3 is 3.00 bits per heavy atom. The highest BCUT2D eigenvalue weighted by Gasteiger charge is 2.30. The topological polar surface area (TPSA) is 84.2 Å². The minimum Gasteiger partial charge on any atom is -0.361 e. The number of nitrogens with one attached hydrogen (secondary N) is 1. The molecule has 7 heteroatoms. The van der Waals surface area contributed by atoms with Gasteiger partial charge in [0, 0.05) is 18.8 Å². The fraction of sp³-hybridized carbons (Fsp3) is 0.200. The lowest BCUT2D eigenvalue weighted by atomic mass is 10.2. The summed E-state index contributed by atoms with van der Waals surface area (Å²) >= 11 is 0. The maximum atomic E-state index is 11.5. The number of aromatic nitrogens is 2. The molecule has 1 aromatic heterocycles. The molecule has 0 radical (unpaired) electrons. The number of rotatable bonds is 5. The maximum Gasteiger partial charge on any atom is 0.353 e. The van der Waals surface area contributed by atoms with Gasteiger partial charge < -0.3 is 10.2 Å². The van der Waals surface area contributed by atoms with Gasteiger partial charge in [0.25, 0.3) is 0 Å². The first kappa shape index (κ1) is 14.0. The molecule has 1 aliphatic heterocycles. The second-order valence-electron chi connectivity index (χ2n) is 4.85. The van der Waals surface area contributed by atoms with E-state index in [1.165, 1.54) is 6.33 Å². The Labute approximate surface area is 127 Å². The smallest absolute Gasteiger partial charge is 0.353 e.